The summed E-state index contributed by atoms with van der Waals surface area (Å²) in [6.45, 7) is 3.46. The van der Waals surface area contributed by atoms with Gasteiger partial charge in [-0.2, -0.15) is 0 Å². The van der Waals surface area contributed by atoms with Crippen LogP contribution in [0, 0.1) is 11.8 Å². The minimum Gasteiger partial charge on any atom is -0.300 e. The van der Waals surface area contributed by atoms with Gasteiger partial charge in [-0.05, 0) is 43.9 Å². The van der Waals surface area contributed by atoms with Crippen molar-refractivity contribution in [1.29, 1.82) is 0 Å². The van der Waals surface area contributed by atoms with Crippen molar-refractivity contribution in [2.75, 3.05) is 6.54 Å². The number of ketones is 1. The topological polar surface area (TPSA) is 20.3 Å². The van der Waals surface area contributed by atoms with Gasteiger partial charge in [0, 0.05) is 31.5 Å². The molecule has 16 heavy (non-hydrogen) atoms. The summed E-state index contributed by atoms with van der Waals surface area (Å²) in [4.78, 5) is 14.2. The maximum Gasteiger partial charge on any atom is 0.135 e. The third-order valence-electron chi connectivity index (χ3n) is 5.08. The second-order valence-electron chi connectivity index (χ2n) is 6.21. The molecule has 2 heterocycles. The van der Waals surface area contributed by atoms with Gasteiger partial charge in [-0.1, -0.05) is 6.92 Å². The lowest BCUT2D eigenvalue weighted by Crippen LogP contribution is -2.56. The van der Waals surface area contributed by atoms with Crippen molar-refractivity contribution >= 4 is 5.78 Å². The zero-order chi connectivity index (χ0) is 11.1. The molecule has 2 saturated heterocycles. The Balaban J connectivity index is 1.73. The van der Waals surface area contributed by atoms with Crippen molar-refractivity contribution in [3.05, 3.63) is 0 Å². The summed E-state index contributed by atoms with van der Waals surface area (Å²) < 4.78 is 0. The van der Waals surface area contributed by atoms with Gasteiger partial charge in [0.05, 0.1) is 0 Å². The van der Waals surface area contributed by atoms with Crippen molar-refractivity contribution in [3.8, 4) is 0 Å². The molecular formula is C14H23NO. The van der Waals surface area contributed by atoms with Gasteiger partial charge < -0.3 is 0 Å². The van der Waals surface area contributed by atoms with Crippen LogP contribution in [0.15, 0.2) is 0 Å². The summed E-state index contributed by atoms with van der Waals surface area (Å²) in [5.41, 5.74) is 0. The maximum absolute atomic E-state index is 11.5. The first-order valence-electron chi connectivity index (χ1n) is 7.01. The van der Waals surface area contributed by atoms with Gasteiger partial charge in [0.1, 0.15) is 5.78 Å². The number of piperidine rings is 2. The van der Waals surface area contributed by atoms with Gasteiger partial charge in [0.2, 0.25) is 0 Å². The van der Waals surface area contributed by atoms with E-state index in [1.54, 1.807) is 0 Å². The SMILES string of the molecule is CC1CCC2C(CCC3CC(=O)CCN32)C1. The summed E-state index contributed by atoms with van der Waals surface area (Å²) in [5, 5.41) is 0. The lowest BCUT2D eigenvalue weighted by molar-refractivity contribution is -0.126. The van der Waals surface area contributed by atoms with E-state index in [0.29, 0.717) is 11.8 Å². The summed E-state index contributed by atoms with van der Waals surface area (Å²) in [6, 6.07) is 1.43. The smallest absolute Gasteiger partial charge is 0.135 e. The van der Waals surface area contributed by atoms with E-state index in [4.69, 9.17) is 0 Å². The van der Waals surface area contributed by atoms with Gasteiger partial charge in [-0.25, -0.2) is 0 Å². The predicted octanol–water partition coefficient (Wildman–Crippen LogP) is 2.62. The molecule has 90 valence electrons. The van der Waals surface area contributed by atoms with Crippen LogP contribution in [0.1, 0.15) is 51.9 Å². The third-order valence-corrected chi connectivity index (χ3v) is 5.08. The molecule has 0 spiro atoms. The van der Waals surface area contributed by atoms with Gasteiger partial charge >= 0.3 is 0 Å². The van der Waals surface area contributed by atoms with Crippen molar-refractivity contribution in [3.63, 3.8) is 0 Å². The molecule has 2 aliphatic heterocycles. The zero-order valence-electron chi connectivity index (χ0n) is 10.3. The molecule has 0 bridgehead atoms. The molecule has 2 nitrogen and oxygen atoms in total. The number of carbonyl (C=O) groups excluding carboxylic acids is 1. The number of fused-ring (bicyclic) bond motifs is 3. The Morgan fingerprint density at radius 3 is 2.94 bits per heavy atom. The van der Waals surface area contributed by atoms with Crippen LogP contribution in [0.4, 0.5) is 0 Å². The highest BCUT2D eigenvalue weighted by atomic mass is 16.1. The number of hydrogen-bond donors (Lipinski definition) is 0. The highest BCUT2D eigenvalue weighted by molar-refractivity contribution is 5.80. The van der Waals surface area contributed by atoms with Crippen LogP contribution in [0.3, 0.4) is 0 Å². The molecule has 4 atom stereocenters. The van der Waals surface area contributed by atoms with Crippen LogP contribution in [0.2, 0.25) is 0 Å². The van der Waals surface area contributed by atoms with Crippen LogP contribution < -0.4 is 0 Å². The average molecular weight is 221 g/mol. The Hall–Kier alpha value is -0.370. The van der Waals surface area contributed by atoms with Crippen molar-refractivity contribution in [2.24, 2.45) is 11.8 Å². The normalized spacial score (nSPS) is 44.9. The van der Waals surface area contributed by atoms with E-state index in [0.717, 1.165) is 37.3 Å². The van der Waals surface area contributed by atoms with Crippen molar-refractivity contribution < 1.29 is 4.79 Å². The molecular weight excluding hydrogens is 198 g/mol. The Morgan fingerprint density at radius 2 is 2.06 bits per heavy atom. The standard InChI is InChI=1S/C14H23NO/c1-10-2-5-14-11(8-10)3-4-12-9-13(16)6-7-15(12)14/h10-12,14H,2-9H2,1H3. The van der Waals surface area contributed by atoms with Crippen LogP contribution in [-0.2, 0) is 4.79 Å². The van der Waals surface area contributed by atoms with Crippen LogP contribution >= 0.6 is 0 Å². The highest BCUT2D eigenvalue weighted by Crippen LogP contribution is 2.41. The fraction of sp³-hybridized carbons (Fsp3) is 0.929. The number of carbonyl (C=O) groups is 1. The Kier molecular flexibility index (Phi) is 2.78. The lowest BCUT2D eigenvalue weighted by atomic mass is 9.71. The summed E-state index contributed by atoms with van der Waals surface area (Å²) in [7, 11) is 0. The highest BCUT2D eigenvalue weighted by Gasteiger charge is 2.41. The first-order valence-corrected chi connectivity index (χ1v) is 7.01. The molecule has 0 aromatic rings. The molecule has 1 aliphatic carbocycles. The molecule has 3 aliphatic rings. The maximum atomic E-state index is 11.5. The average Bonchev–Trinajstić information content (AvgIpc) is 2.28. The summed E-state index contributed by atoms with van der Waals surface area (Å²) in [5.74, 6) is 2.38. The van der Waals surface area contributed by atoms with E-state index in [9.17, 15) is 4.79 Å². The number of hydrogen-bond acceptors (Lipinski definition) is 2. The minimum absolute atomic E-state index is 0.504. The molecule has 0 amide bonds. The number of rotatable bonds is 0. The monoisotopic (exact) mass is 221 g/mol. The van der Waals surface area contributed by atoms with Crippen molar-refractivity contribution in [1.82, 2.24) is 4.90 Å². The molecule has 0 radical (unpaired) electrons. The van der Waals surface area contributed by atoms with E-state index in [-0.39, 0.29) is 0 Å². The van der Waals surface area contributed by atoms with Crippen molar-refractivity contribution in [2.45, 2.75) is 64.0 Å². The quantitative estimate of drug-likeness (QED) is 0.626. The molecule has 0 N–H and O–H groups in total. The van der Waals surface area contributed by atoms with Gasteiger partial charge in [0.25, 0.3) is 0 Å². The van der Waals surface area contributed by atoms with Crippen LogP contribution in [0.25, 0.3) is 0 Å². The number of nitrogens with zero attached hydrogens (tertiary/aromatic N) is 1. The second kappa shape index (κ2) is 4.14. The Bertz CT molecular complexity index is 288. The molecule has 0 aromatic heterocycles. The largest absolute Gasteiger partial charge is 0.300 e. The van der Waals surface area contributed by atoms with E-state index in [1.807, 2.05) is 0 Å². The molecule has 3 rings (SSSR count). The van der Waals surface area contributed by atoms with E-state index in [1.165, 1.54) is 32.1 Å². The summed E-state index contributed by atoms with van der Waals surface area (Å²) in [6.07, 6.45) is 8.54. The molecule has 2 heteroatoms. The van der Waals surface area contributed by atoms with E-state index in [2.05, 4.69) is 11.8 Å². The fourth-order valence-corrected chi connectivity index (χ4v) is 4.26. The first-order chi connectivity index (χ1) is 7.74. The first kappa shape index (κ1) is 10.8. The minimum atomic E-state index is 0.504. The van der Waals surface area contributed by atoms with Crippen LogP contribution in [0.5, 0.6) is 0 Å². The predicted molar refractivity (Wildman–Crippen MR) is 64.3 cm³/mol. The molecule has 0 aromatic carbocycles. The molecule has 1 saturated carbocycles. The van der Waals surface area contributed by atoms with E-state index < -0.39 is 0 Å². The van der Waals surface area contributed by atoms with Gasteiger partial charge in [-0.15, -0.1) is 0 Å². The fourth-order valence-electron chi connectivity index (χ4n) is 4.26. The Morgan fingerprint density at radius 1 is 1.19 bits per heavy atom. The van der Waals surface area contributed by atoms with Crippen LogP contribution in [-0.4, -0.2) is 29.3 Å². The molecule has 3 fully saturated rings. The van der Waals surface area contributed by atoms with E-state index >= 15 is 0 Å². The number of Topliss-reactive ketones (excluding diaryl/α,β-unsaturated/α-hetero) is 1. The lowest BCUT2D eigenvalue weighted by Gasteiger charge is -2.51. The van der Waals surface area contributed by atoms with Gasteiger partial charge in [0.15, 0.2) is 0 Å². The zero-order valence-corrected chi connectivity index (χ0v) is 10.3. The second-order valence-corrected chi connectivity index (χ2v) is 6.21. The third kappa shape index (κ3) is 1.81. The summed E-state index contributed by atoms with van der Waals surface area (Å²) >= 11 is 0. The Labute approximate surface area is 98.4 Å². The van der Waals surface area contributed by atoms with Gasteiger partial charge in [-0.3, -0.25) is 9.69 Å². The molecule has 4 unspecified atom stereocenters.